The summed E-state index contributed by atoms with van der Waals surface area (Å²) in [5.41, 5.74) is 37.7. The van der Waals surface area contributed by atoms with Crippen LogP contribution < -0.4 is 0 Å². The van der Waals surface area contributed by atoms with E-state index in [-0.39, 0.29) is 16.7 Å². The first kappa shape index (κ1) is 48.1. The molecule has 0 bridgehead atoms. The van der Waals surface area contributed by atoms with Crippen molar-refractivity contribution in [1.29, 1.82) is 0 Å². The molecule has 2 unspecified atom stereocenters. The van der Waals surface area contributed by atoms with Gasteiger partial charge in [-0.05, 0) is 237 Å². The molecule has 0 nitrogen and oxygen atoms in total. The molecule has 406 valence electrons. The van der Waals surface area contributed by atoms with Gasteiger partial charge in [0.2, 0.25) is 0 Å². The van der Waals surface area contributed by atoms with Crippen LogP contribution in [0, 0.1) is 5.92 Å². The Morgan fingerprint density at radius 2 is 0.793 bits per heavy atom. The zero-order valence-corrected chi connectivity index (χ0v) is 49.1. The van der Waals surface area contributed by atoms with Gasteiger partial charge < -0.3 is 0 Å². The molecular weight excluding hydrogens is 1040 g/mol. The van der Waals surface area contributed by atoms with Gasteiger partial charge in [0.1, 0.15) is 0 Å². The van der Waals surface area contributed by atoms with Gasteiger partial charge in [0.05, 0.1) is 5.41 Å². The molecule has 0 saturated carbocycles. The molecule has 0 aromatic heterocycles. The summed E-state index contributed by atoms with van der Waals surface area (Å²) in [5, 5.41) is 7.84. The van der Waals surface area contributed by atoms with E-state index < -0.39 is 5.41 Å². The van der Waals surface area contributed by atoms with Gasteiger partial charge >= 0.3 is 0 Å². The van der Waals surface area contributed by atoms with Gasteiger partial charge in [-0.25, -0.2) is 0 Å². The first-order valence-corrected chi connectivity index (χ1v) is 31.3. The van der Waals surface area contributed by atoms with Crippen LogP contribution >= 0.6 is 0 Å². The molecule has 12 aromatic rings. The topological polar surface area (TPSA) is 0 Å². The number of benzene rings is 12. The minimum Gasteiger partial charge on any atom is -0.0795 e. The number of fused-ring (bicyclic) bond motifs is 16. The van der Waals surface area contributed by atoms with Crippen LogP contribution in [-0.4, -0.2) is 0 Å². The SMILES string of the molecule is CC1(C)c2ccccc2-c2ccc(-c3ccc4c(c3)C3(c5cc(C6=C7C=CC8=C9C(=CC=C(C=C6)C79)CC=C8)ccc5-4)c4cc(-c5ccc6c(c5)C(C)(C)c5ccccc5-6)ccc4-c4ccc(-c5ccc6ccc7cccc8ccc5c6c78)cc43)cc21. The Morgan fingerprint density at radius 3 is 1.39 bits per heavy atom. The summed E-state index contributed by atoms with van der Waals surface area (Å²) >= 11 is 0. The van der Waals surface area contributed by atoms with Crippen molar-refractivity contribution in [2.75, 3.05) is 0 Å². The van der Waals surface area contributed by atoms with Crippen LogP contribution in [0.1, 0.15) is 84.2 Å². The Labute approximate surface area is 507 Å². The maximum atomic E-state index is 2.63. The molecule has 0 radical (unpaired) electrons. The van der Waals surface area contributed by atoms with Crippen molar-refractivity contribution in [3.05, 3.63) is 339 Å². The molecule has 0 aliphatic heterocycles. The fourth-order valence-electron chi connectivity index (χ4n) is 18.0. The van der Waals surface area contributed by atoms with Crippen molar-refractivity contribution in [2.24, 2.45) is 5.92 Å². The van der Waals surface area contributed by atoms with Crippen LogP contribution in [-0.2, 0) is 16.2 Å². The normalized spacial score (nSPS) is 19.2. The average molecular weight is 1100 g/mol. The Hall–Kier alpha value is -10.1. The molecule has 0 amide bonds. The van der Waals surface area contributed by atoms with Crippen LogP contribution in [0.5, 0.6) is 0 Å². The summed E-state index contributed by atoms with van der Waals surface area (Å²) in [6.45, 7) is 9.61. The summed E-state index contributed by atoms with van der Waals surface area (Å²) in [6.07, 6.45) is 20.0. The first-order valence-electron chi connectivity index (χ1n) is 31.3. The average Bonchev–Trinajstić information content (AvgIpc) is 1.52. The lowest BCUT2D eigenvalue weighted by atomic mass is 9.66. The molecule has 87 heavy (non-hydrogen) atoms. The predicted molar refractivity (Wildman–Crippen MR) is 364 cm³/mol. The van der Waals surface area contributed by atoms with Crippen LogP contribution in [0.15, 0.2) is 289 Å². The highest BCUT2D eigenvalue weighted by Gasteiger charge is 2.53. The molecule has 0 fully saturated rings. The highest BCUT2D eigenvalue weighted by atomic mass is 14.5. The summed E-state index contributed by atoms with van der Waals surface area (Å²) in [7, 11) is 0. The van der Waals surface area contributed by atoms with E-state index in [1.54, 1.807) is 0 Å². The van der Waals surface area contributed by atoms with Gasteiger partial charge in [0.25, 0.3) is 0 Å². The molecule has 8 aliphatic carbocycles. The first-order chi connectivity index (χ1) is 42.6. The third-order valence-corrected chi connectivity index (χ3v) is 22.2. The number of allylic oxidation sites excluding steroid dienone is 14. The van der Waals surface area contributed by atoms with Crippen LogP contribution in [0.2, 0.25) is 0 Å². The minimum atomic E-state index is -0.697. The van der Waals surface area contributed by atoms with Crippen molar-refractivity contribution >= 4 is 37.9 Å². The lowest BCUT2D eigenvalue weighted by molar-refractivity contribution is 0.660. The third-order valence-electron chi connectivity index (χ3n) is 22.2. The molecule has 20 rings (SSSR count). The summed E-state index contributed by atoms with van der Waals surface area (Å²) in [4.78, 5) is 0. The van der Waals surface area contributed by atoms with Gasteiger partial charge in [-0.2, -0.15) is 0 Å². The fourth-order valence-corrected chi connectivity index (χ4v) is 18.0. The van der Waals surface area contributed by atoms with Crippen molar-refractivity contribution < 1.29 is 0 Å². The standard InChI is InChI=1S/C87H58/c1-85(2)73-17-7-5-15-63(73)65-35-27-55(43-75(65)85)57-29-37-67-69-39-31-59(61-33-23-53-21-19-49-11-9-13-51-25-41-71(61)83(53)81(49)51)47-79(69)87(77(67)45-57)78-46-58(56-28-36-66-64-16-6-8-18-74(64)86(3,4)76(66)44-56)30-38-68(78)70-40-32-60(48-80(70)87)62-34-24-54-22-20-50-12-10-14-52-26-42-72(62)84(54)82(50)52/h5-11,13-48,84H,12H2,1-4H3. The van der Waals surface area contributed by atoms with E-state index in [1.807, 2.05) is 0 Å². The summed E-state index contributed by atoms with van der Waals surface area (Å²) in [5.74, 6) is 0.218. The Kier molecular flexibility index (Phi) is 9.20. The maximum Gasteiger partial charge on any atom is 0.0726 e. The highest BCUT2D eigenvalue weighted by Crippen LogP contribution is 2.65. The molecule has 0 saturated heterocycles. The van der Waals surface area contributed by atoms with Gasteiger partial charge in [-0.3, -0.25) is 0 Å². The van der Waals surface area contributed by atoms with Crippen molar-refractivity contribution in [1.82, 2.24) is 0 Å². The van der Waals surface area contributed by atoms with Crippen molar-refractivity contribution in [2.45, 2.75) is 50.4 Å². The molecule has 0 heteroatoms. The molecule has 12 aromatic carbocycles. The number of hydrogen-bond donors (Lipinski definition) is 0. The minimum absolute atomic E-state index is 0.127. The number of rotatable bonds is 4. The monoisotopic (exact) mass is 1100 g/mol. The second-order valence-electron chi connectivity index (χ2n) is 26.9. The summed E-state index contributed by atoms with van der Waals surface area (Å²) in [6, 6.07) is 83.5. The highest BCUT2D eigenvalue weighted by molar-refractivity contribution is 6.25. The molecular formula is C87H58. The Bertz CT molecular complexity index is 5330. The van der Waals surface area contributed by atoms with E-state index in [2.05, 4.69) is 289 Å². The number of hydrogen-bond acceptors (Lipinski definition) is 0. The van der Waals surface area contributed by atoms with Crippen LogP contribution in [0.4, 0.5) is 0 Å². The van der Waals surface area contributed by atoms with Crippen LogP contribution in [0.3, 0.4) is 0 Å². The van der Waals surface area contributed by atoms with Gasteiger partial charge in [-0.15, -0.1) is 0 Å². The Balaban J connectivity index is 0.859. The van der Waals surface area contributed by atoms with E-state index in [4.69, 9.17) is 0 Å². The smallest absolute Gasteiger partial charge is 0.0726 e. The van der Waals surface area contributed by atoms with E-state index >= 15 is 0 Å². The second kappa shape index (κ2) is 16.6. The molecule has 1 spiro atoms. The van der Waals surface area contributed by atoms with E-state index in [0.717, 1.165) is 6.42 Å². The zero-order chi connectivity index (χ0) is 57.4. The van der Waals surface area contributed by atoms with Gasteiger partial charge in [-0.1, -0.05) is 252 Å². The Morgan fingerprint density at radius 1 is 0.333 bits per heavy atom. The lowest BCUT2D eigenvalue weighted by Gasteiger charge is -2.37. The van der Waals surface area contributed by atoms with Gasteiger partial charge in [0.15, 0.2) is 0 Å². The quantitative estimate of drug-likeness (QED) is 0.154. The molecule has 0 N–H and O–H groups in total. The predicted octanol–water partition coefficient (Wildman–Crippen LogP) is 22.2. The summed E-state index contributed by atoms with van der Waals surface area (Å²) < 4.78 is 0. The lowest BCUT2D eigenvalue weighted by Crippen LogP contribution is -2.26. The van der Waals surface area contributed by atoms with E-state index in [9.17, 15) is 0 Å². The van der Waals surface area contributed by atoms with Gasteiger partial charge in [0, 0.05) is 16.7 Å². The third kappa shape index (κ3) is 6.13. The largest absolute Gasteiger partial charge is 0.0795 e. The van der Waals surface area contributed by atoms with Crippen molar-refractivity contribution in [3.63, 3.8) is 0 Å². The fraction of sp³-hybridized carbons (Fsp3) is 0.103. The van der Waals surface area contributed by atoms with E-state index in [0.29, 0.717) is 0 Å². The van der Waals surface area contributed by atoms with E-state index in [1.165, 1.54) is 194 Å². The van der Waals surface area contributed by atoms with Crippen molar-refractivity contribution in [3.8, 4) is 77.9 Å². The molecule has 8 aliphatic rings. The maximum absolute atomic E-state index is 2.63. The molecule has 2 atom stereocenters. The van der Waals surface area contributed by atoms with Crippen LogP contribution in [0.25, 0.3) is 116 Å². The molecule has 0 heterocycles. The second-order valence-corrected chi connectivity index (χ2v) is 26.9. The zero-order valence-electron chi connectivity index (χ0n) is 49.1.